The van der Waals surface area contributed by atoms with Crippen molar-refractivity contribution in [2.75, 3.05) is 4.72 Å². The molecule has 1 aromatic rings. The van der Waals surface area contributed by atoms with E-state index in [1.807, 2.05) is 0 Å². The number of rotatable bonds is 5. The lowest BCUT2D eigenvalue weighted by atomic mass is 10.2. The normalized spacial score (nSPS) is 14.2. The van der Waals surface area contributed by atoms with Gasteiger partial charge in [0.1, 0.15) is 0 Å². The molecule has 1 aromatic carbocycles. The Morgan fingerprint density at radius 1 is 1.27 bits per heavy atom. The van der Waals surface area contributed by atoms with Crippen LogP contribution < -0.4 is 4.72 Å². The van der Waals surface area contributed by atoms with Gasteiger partial charge in [0.25, 0.3) is 6.43 Å². The van der Waals surface area contributed by atoms with E-state index in [9.17, 15) is 34.8 Å². The maximum atomic E-state index is 13.9. The molecule has 0 bridgehead atoms. The zero-order valence-corrected chi connectivity index (χ0v) is 13.3. The summed E-state index contributed by atoms with van der Waals surface area (Å²) in [5.74, 6) is -1.63. The molecule has 0 amide bonds. The highest BCUT2D eigenvalue weighted by Crippen LogP contribution is 2.35. The Balaban J connectivity index is 3.28. The summed E-state index contributed by atoms with van der Waals surface area (Å²) in [6.07, 6.45) is -9.15. The predicted molar refractivity (Wildman–Crippen MR) is 71.7 cm³/mol. The number of hydrogen-bond donors (Lipinski definition) is 1. The van der Waals surface area contributed by atoms with Gasteiger partial charge in [-0.05, 0) is 18.6 Å². The Bertz CT molecular complexity index is 647. The smallest absolute Gasteiger partial charge is 0.280 e. The molecule has 1 rings (SSSR count). The fourth-order valence-electron chi connectivity index (χ4n) is 1.70. The first-order chi connectivity index (χ1) is 9.91. The number of hydrogen-bond acceptors (Lipinski definition) is 2. The molecule has 22 heavy (non-hydrogen) atoms. The Hall–Kier alpha value is -0.970. The minimum Gasteiger partial charge on any atom is -0.280 e. The number of alkyl halides is 5. The molecule has 0 aliphatic carbocycles. The van der Waals surface area contributed by atoms with Crippen molar-refractivity contribution in [3.63, 3.8) is 0 Å². The summed E-state index contributed by atoms with van der Waals surface area (Å²) in [4.78, 5) is 0. The van der Waals surface area contributed by atoms with E-state index in [4.69, 9.17) is 0 Å². The minimum absolute atomic E-state index is 0.328. The molecular weight excluding hydrogens is 404 g/mol. The van der Waals surface area contributed by atoms with Crippen molar-refractivity contribution in [1.82, 2.24) is 0 Å². The van der Waals surface area contributed by atoms with Crippen LogP contribution in [0, 0.1) is 5.82 Å². The van der Waals surface area contributed by atoms with Crippen molar-refractivity contribution in [3.8, 4) is 0 Å². The van der Waals surface area contributed by atoms with Crippen molar-refractivity contribution < 1.29 is 34.8 Å². The van der Waals surface area contributed by atoms with Crippen LogP contribution in [0.5, 0.6) is 0 Å². The number of nitrogens with one attached hydrogen (secondary N) is 1. The molecule has 0 aliphatic rings. The lowest BCUT2D eigenvalue weighted by Gasteiger charge is -2.20. The van der Waals surface area contributed by atoms with Crippen molar-refractivity contribution in [2.24, 2.45) is 0 Å². The largest absolute Gasteiger partial charge is 0.407 e. The average Bonchev–Trinajstić information content (AvgIpc) is 2.30. The van der Waals surface area contributed by atoms with Crippen LogP contribution in [0.15, 0.2) is 16.6 Å². The second-order valence-corrected chi connectivity index (χ2v) is 6.93. The first kappa shape index (κ1) is 19.1. The molecule has 3 nitrogen and oxygen atoms in total. The first-order valence-electron chi connectivity index (χ1n) is 5.76. The van der Waals surface area contributed by atoms with Gasteiger partial charge in [-0.3, -0.25) is 4.72 Å². The van der Waals surface area contributed by atoms with E-state index in [0.29, 0.717) is 0 Å². The Kier molecular flexibility index (Phi) is 5.77. The van der Waals surface area contributed by atoms with E-state index in [1.54, 1.807) is 0 Å². The third-order valence-electron chi connectivity index (χ3n) is 2.71. The second-order valence-electron chi connectivity index (χ2n) is 4.21. The highest BCUT2D eigenvalue weighted by Gasteiger charge is 2.47. The van der Waals surface area contributed by atoms with Crippen LogP contribution in [0.3, 0.4) is 0 Å². The summed E-state index contributed by atoms with van der Waals surface area (Å²) in [5, 5.41) is -2.78. The van der Waals surface area contributed by atoms with Crippen molar-refractivity contribution in [2.45, 2.75) is 31.2 Å². The van der Waals surface area contributed by atoms with Crippen molar-refractivity contribution in [1.29, 1.82) is 0 Å². The van der Waals surface area contributed by atoms with Gasteiger partial charge in [-0.25, -0.2) is 21.6 Å². The van der Waals surface area contributed by atoms with Gasteiger partial charge >= 0.3 is 6.18 Å². The summed E-state index contributed by atoms with van der Waals surface area (Å²) in [7, 11) is -5.04. The third kappa shape index (κ3) is 4.06. The average molecular weight is 414 g/mol. The maximum absolute atomic E-state index is 13.9. The van der Waals surface area contributed by atoms with Gasteiger partial charge in [-0.2, -0.15) is 13.2 Å². The molecule has 11 heteroatoms. The molecule has 0 spiro atoms. The van der Waals surface area contributed by atoms with Gasteiger partial charge in [-0.1, -0.05) is 22.9 Å². The first-order valence-corrected chi connectivity index (χ1v) is 8.10. The molecule has 0 fully saturated rings. The SMILES string of the molecule is CCC(C(F)(F)F)S(=O)(=O)Nc1ccc(Br)c(C(F)F)c1F. The molecule has 1 atom stereocenters. The Morgan fingerprint density at radius 2 is 1.82 bits per heavy atom. The molecule has 0 aliphatic heterocycles. The molecule has 0 heterocycles. The van der Waals surface area contributed by atoms with Crippen LogP contribution in [-0.4, -0.2) is 19.8 Å². The van der Waals surface area contributed by atoms with Crippen LogP contribution in [0.4, 0.5) is 32.0 Å². The molecule has 126 valence electrons. The van der Waals surface area contributed by atoms with E-state index in [2.05, 4.69) is 15.9 Å². The summed E-state index contributed by atoms with van der Waals surface area (Å²) in [6, 6.07) is 1.67. The van der Waals surface area contributed by atoms with E-state index in [-0.39, 0.29) is 4.47 Å². The van der Waals surface area contributed by atoms with E-state index < -0.39 is 51.4 Å². The fourth-order valence-corrected chi connectivity index (χ4v) is 3.58. The zero-order valence-electron chi connectivity index (χ0n) is 10.9. The molecule has 0 aromatic heterocycles. The molecule has 1 N–H and O–H groups in total. The zero-order chi connectivity index (χ0) is 17.3. The van der Waals surface area contributed by atoms with Crippen molar-refractivity contribution >= 4 is 31.6 Å². The fraction of sp³-hybridized carbons (Fsp3) is 0.455. The molecule has 0 radical (unpaired) electrons. The predicted octanol–water partition coefficient (Wildman–Crippen LogP) is 4.61. The number of sulfonamides is 1. The minimum atomic E-state index is -5.07. The van der Waals surface area contributed by atoms with Crippen LogP contribution >= 0.6 is 15.9 Å². The summed E-state index contributed by atoms with van der Waals surface area (Å²) in [5.41, 5.74) is -2.11. The van der Waals surface area contributed by atoms with E-state index in [0.717, 1.165) is 19.1 Å². The number of anilines is 1. The lowest BCUT2D eigenvalue weighted by molar-refractivity contribution is -0.130. The third-order valence-corrected chi connectivity index (χ3v) is 5.25. The quantitative estimate of drug-likeness (QED) is 0.716. The van der Waals surface area contributed by atoms with Crippen LogP contribution in [-0.2, 0) is 10.0 Å². The molecule has 1 unspecified atom stereocenters. The van der Waals surface area contributed by atoms with Gasteiger partial charge in [0.15, 0.2) is 11.1 Å². The van der Waals surface area contributed by atoms with Gasteiger partial charge in [0.2, 0.25) is 10.0 Å². The van der Waals surface area contributed by atoms with Crippen LogP contribution in [0.1, 0.15) is 25.3 Å². The van der Waals surface area contributed by atoms with Gasteiger partial charge in [-0.15, -0.1) is 0 Å². The topological polar surface area (TPSA) is 46.2 Å². The highest BCUT2D eigenvalue weighted by atomic mass is 79.9. The number of benzene rings is 1. The van der Waals surface area contributed by atoms with E-state index >= 15 is 0 Å². The Labute approximate surface area is 130 Å². The van der Waals surface area contributed by atoms with E-state index in [1.165, 1.54) is 4.72 Å². The monoisotopic (exact) mass is 413 g/mol. The number of halogens is 7. The molecular formula is C11H10BrF6NO2S. The van der Waals surface area contributed by atoms with Gasteiger partial charge in [0, 0.05) is 4.47 Å². The molecule has 0 saturated carbocycles. The summed E-state index contributed by atoms with van der Waals surface area (Å²) < 4.78 is 102. The Morgan fingerprint density at radius 3 is 2.23 bits per heavy atom. The second kappa shape index (κ2) is 6.65. The summed E-state index contributed by atoms with van der Waals surface area (Å²) in [6.45, 7) is 0.986. The van der Waals surface area contributed by atoms with Crippen LogP contribution in [0.2, 0.25) is 0 Å². The molecule has 0 saturated heterocycles. The van der Waals surface area contributed by atoms with Crippen molar-refractivity contribution in [3.05, 3.63) is 28.0 Å². The summed E-state index contributed by atoms with van der Waals surface area (Å²) >= 11 is 2.66. The van der Waals surface area contributed by atoms with Gasteiger partial charge < -0.3 is 0 Å². The van der Waals surface area contributed by atoms with Crippen LogP contribution in [0.25, 0.3) is 0 Å². The van der Waals surface area contributed by atoms with Gasteiger partial charge in [0.05, 0.1) is 11.3 Å². The standard InChI is InChI=1S/C11H10BrF6NO2S/c1-2-7(11(16,17)18)22(20,21)19-6-4-3-5(12)8(9(6)13)10(14)15/h3-4,7,10,19H,2H2,1H3. The maximum Gasteiger partial charge on any atom is 0.407 e. The highest BCUT2D eigenvalue weighted by molar-refractivity contribution is 9.10. The lowest BCUT2D eigenvalue weighted by Crippen LogP contribution is -2.39.